The van der Waals surface area contributed by atoms with Crippen LogP contribution in [0, 0.1) is 0 Å². The fourth-order valence-corrected chi connectivity index (χ4v) is 5.87. The van der Waals surface area contributed by atoms with Crippen molar-refractivity contribution < 1.29 is 19.1 Å². The minimum atomic E-state index is -0.493. The molecule has 8 heteroatoms. The average Bonchev–Trinajstić information content (AvgIpc) is 3.29. The lowest BCUT2D eigenvalue weighted by Crippen LogP contribution is -2.38. The zero-order valence-corrected chi connectivity index (χ0v) is 22.6. The number of anilines is 1. The monoisotopic (exact) mass is 529 g/mol. The van der Waals surface area contributed by atoms with E-state index in [1.807, 2.05) is 42.3 Å². The second-order valence-corrected chi connectivity index (χ2v) is 10.6. The van der Waals surface area contributed by atoms with Crippen LogP contribution in [0.5, 0.6) is 11.5 Å². The molecular weight excluding hydrogens is 498 g/mol. The van der Waals surface area contributed by atoms with Gasteiger partial charge in [0.15, 0.2) is 11.5 Å². The maximum absolute atomic E-state index is 12.3. The van der Waals surface area contributed by atoms with Gasteiger partial charge in [0, 0.05) is 46.3 Å². The molecule has 2 aliphatic heterocycles. The van der Waals surface area contributed by atoms with E-state index in [1.54, 1.807) is 30.9 Å². The Bertz CT molecular complexity index is 1390. The lowest BCUT2D eigenvalue weighted by molar-refractivity contribution is -0.117. The fraction of sp³-hybridized carbons (Fsp3) is 0.267. The van der Waals surface area contributed by atoms with Gasteiger partial charge in [-0.3, -0.25) is 9.69 Å². The van der Waals surface area contributed by atoms with Crippen LogP contribution < -0.4 is 20.1 Å². The molecule has 1 saturated heterocycles. The summed E-state index contributed by atoms with van der Waals surface area (Å²) in [5.41, 5.74) is 10.6. The highest BCUT2D eigenvalue weighted by atomic mass is 32.2. The SMILES string of the molecule is COc1cc2c(cc1OC)C(c1ccc(Sc3ccc(N4CCCC4=O)cc3)cc1)=CN(C(N)=O)C(C)C2. The molecule has 196 valence electrons. The molecule has 0 radical (unpaired) electrons. The van der Waals surface area contributed by atoms with Gasteiger partial charge in [-0.1, -0.05) is 23.9 Å². The van der Waals surface area contributed by atoms with Crippen LogP contribution in [0.2, 0.25) is 0 Å². The Morgan fingerprint density at radius 1 is 0.974 bits per heavy atom. The fourth-order valence-electron chi connectivity index (χ4n) is 5.06. The van der Waals surface area contributed by atoms with Crippen molar-refractivity contribution in [2.24, 2.45) is 5.73 Å². The van der Waals surface area contributed by atoms with Gasteiger partial charge in [0.05, 0.1) is 14.2 Å². The van der Waals surface area contributed by atoms with Crippen molar-refractivity contribution in [1.82, 2.24) is 4.90 Å². The van der Waals surface area contributed by atoms with Crippen LogP contribution in [-0.4, -0.2) is 43.6 Å². The van der Waals surface area contributed by atoms with Crippen molar-refractivity contribution in [3.63, 3.8) is 0 Å². The van der Waals surface area contributed by atoms with Crippen LogP contribution >= 0.6 is 11.8 Å². The molecule has 3 aromatic rings. The van der Waals surface area contributed by atoms with Gasteiger partial charge < -0.3 is 20.1 Å². The molecule has 0 saturated carbocycles. The van der Waals surface area contributed by atoms with E-state index in [4.69, 9.17) is 15.2 Å². The van der Waals surface area contributed by atoms with Gasteiger partial charge in [-0.05, 0) is 85.0 Å². The normalized spacial score (nSPS) is 17.1. The first-order chi connectivity index (χ1) is 18.4. The number of primary amides is 1. The van der Waals surface area contributed by atoms with Crippen molar-refractivity contribution in [3.05, 3.63) is 83.6 Å². The first-order valence-electron chi connectivity index (χ1n) is 12.6. The Hall–Kier alpha value is -3.91. The highest BCUT2D eigenvalue weighted by molar-refractivity contribution is 7.99. The average molecular weight is 530 g/mol. The van der Waals surface area contributed by atoms with E-state index in [0.717, 1.165) is 50.7 Å². The second-order valence-electron chi connectivity index (χ2n) is 9.48. The summed E-state index contributed by atoms with van der Waals surface area (Å²) < 4.78 is 11.1. The third kappa shape index (κ3) is 5.09. The van der Waals surface area contributed by atoms with E-state index in [9.17, 15) is 9.59 Å². The number of fused-ring (bicyclic) bond motifs is 1. The number of ether oxygens (including phenoxy) is 2. The van der Waals surface area contributed by atoms with E-state index >= 15 is 0 Å². The molecule has 0 bridgehead atoms. The minimum Gasteiger partial charge on any atom is -0.493 e. The number of hydrogen-bond donors (Lipinski definition) is 1. The number of urea groups is 1. The van der Waals surface area contributed by atoms with E-state index < -0.39 is 6.03 Å². The smallest absolute Gasteiger partial charge is 0.319 e. The highest BCUT2D eigenvalue weighted by Gasteiger charge is 2.26. The zero-order chi connectivity index (χ0) is 26.8. The molecule has 2 N–H and O–H groups in total. The summed E-state index contributed by atoms with van der Waals surface area (Å²) in [5.74, 6) is 1.47. The van der Waals surface area contributed by atoms with E-state index in [-0.39, 0.29) is 11.9 Å². The Kier molecular flexibility index (Phi) is 7.33. The van der Waals surface area contributed by atoms with Crippen LogP contribution in [0.15, 0.2) is 76.7 Å². The van der Waals surface area contributed by atoms with Crippen LogP contribution in [0.4, 0.5) is 10.5 Å². The number of hydrogen-bond acceptors (Lipinski definition) is 5. The molecular formula is C30H31N3O4S. The molecule has 5 rings (SSSR count). The van der Waals surface area contributed by atoms with Crippen molar-refractivity contribution in [2.75, 3.05) is 25.7 Å². The molecule has 0 aliphatic carbocycles. The minimum absolute atomic E-state index is 0.115. The number of amides is 3. The van der Waals surface area contributed by atoms with Crippen LogP contribution in [0.1, 0.15) is 36.5 Å². The first kappa shape index (κ1) is 25.7. The molecule has 2 heterocycles. The Balaban J connectivity index is 1.44. The van der Waals surface area contributed by atoms with Crippen molar-refractivity contribution in [3.8, 4) is 11.5 Å². The number of nitrogens with zero attached hydrogens (tertiary/aromatic N) is 2. The summed E-state index contributed by atoms with van der Waals surface area (Å²) >= 11 is 1.66. The zero-order valence-electron chi connectivity index (χ0n) is 21.8. The number of methoxy groups -OCH3 is 2. The van der Waals surface area contributed by atoms with E-state index in [2.05, 4.69) is 36.4 Å². The molecule has 1 fully saturated rings. The third-order valence-electron chi connectivity index (χ3n) is 7.04. The Labute approximate surface area is 227 Å². The van der Waals surface area contributed by atoms with Crippen molar-refractivity contribution in [1.29, 1.82) is 0 Å². The lowest BCUT2D eigenvalue weighted by Gasteiger charge is -2.22. The topological polar surface area (TPSA) is 85.1 Å². The Morgan fingerprint density at radius 3 is 2.18 bits per heavy atom. The van der Waals surface area contributed by atoms with Crippen LogP contribution in [-0.2, 0) is 11.2 Å². The molecule has 38 heavy (non-hydrogen) atoms. The summed E-state index contributed by atoms with van der Waals surface area (Å²) in [6, 6.07) is 19.7. The second kappa shape index (κ2) is 10.8. The number of nitrogens with two attached hydrogens (primary N) is 1. The van der Waals surface area contributed by atoms with E-state index in [0.29, 0.717) is 24.3 Å². The molecule has 0 spiro atoms. The lowest BCUT2D eigenvalue weighted by atomic mass is 9.92. The van der Waals surface area contributed by atoms with Gasteiger partial charge in [0.1, 0.15) is 0 Å². The molecule has 7 nitrogen and oxygen atoms in total. The summed E-state index contributed by atoms with van der Waals surface area (Å²) in [6.45, 7) is 2.77. The summed E-state index contributed by atoms with van der Waals surface area (Å²) in [5, 5.41) is 0. The van der Waals surface area contributed by atoms with Gasteiger partial charge in [-0.2, -0.15) is 0 Å². The largest absolute Gasteiger partial charge is 0.493 e. The molecule has 3 aromatic carbocycles. The number of benzene rings is 3. The molecule has 1 atom stereocenters. The van der Waals surface area contributed by atoms with Crippen molar-refractivity contribution >= 4 is 35.0 Å². The summed E-state index contributed by atoms with van der Waals surface area (Å²) in [7, 11) is 3.23. The van der Waals surface area contributed by atoms with Crippen LogP contribution in [0.3, 0.4) is 0 Å². The number of rotatable bonds is 6. The number of carbonyl (C=O) groups excluding carboxylic acids is 2. The Morgan fingerprint density at radius 2 is 1.61 bits per heavy atom. The molecule has 2 aliphatic rings. The quantitative estimate of drug-likeness (QED) is 0.443. The van der Waals surface area contributed by atoms with E-state index in [1.165, 1.54) is 0 Å². The van der Waals surface area contributed by atoms with Crippen molar-refractivity contribution in [2.45, 2.75) is 42.0 Å². The first-order valence-corrected chi connectivity index (χ1v) is 13.4. The van der Waals surface area contributed by atoms with Gasteiger partial charge in [0.25, 0.3) is 0 Å². The predicted molar refractivity (Wildman–Crippen MR) is 150 cm³/mol. The summed E-state index contributed by atoms with van der Waals surface area (Å²) in [6.07, 6.45) is 4.01. The summed E-state index contributed by atoms with van der Waals surface area (Å²) in [4.78, 5) is 29.9. The third-order valence-corrected chi connectivity index (χ3v) is 8.05. The van der Waals surface area contributed by atoms with Gasteiger partial charge in [-0.25, -0.2) is 4.79 Å². The van der Waals surface area contributed by atoms with Crippen LogP contribution in [0.25, 0.3) is 5.57 Å². The maximum Gasteiger partial charge on any atom is 0.319 e. The predicted octanol–water partition coefficient (Wildman–Crippen LogP) is 5.70. The number of carbonyl (C=O) groups is 2. The van der Waals surface area contributed by atoms with Gasteiger partial charge >= 0.3 is 6.03 Å². The molecule has 0 aromatic heterocycles. The standard InChI is InChI=1S/C30H31N3O4S/c1-19-15-21-16-27(36-2)28(37-3)17-25(21)26(18-33(19)30(31)35)20-6-10-23(11-7-20)38-24-12-8-22(9-13-24)32-14-4-5-29(32)34/h6-13,16-19H,4-5,14-15H2,1-3H3,(H2,31,35). The highest BCUT2D eigenvalue weighted by Crippen LogP contribution is 2.39. The molecule has 3 amide bonds. The maximum atomic E-state index is 12.3. The van der Waals surface area contributed by atoms with Gasteiger partial charge in [0.2, 0.25) is 5.91 Å². The van der Waals surface area contributed by atoms with Gasteiger partial charge in [-0.15, -0.1) is 0 Å². The molecule has 1 unspecified atom stereocenters.